The number of methoxy groups -OCH3 is 2. The molecule has 1 N–H and O–H groups in total. The molecule has 0 unspecified atom stereocenters. The molecule has 0 bridgehead atoms. The lowest BCUT2D eigenvalue weighted by Crippen LogP contribution is -1.98. The normalized spacial score (nSPS) is 11.1. The van der Waals surface area contributed by atoms with Gasteiger partial charge in [-0.1, -0.05) is 0 Å². The Morgan fingerprint density at radius 3 is 2.85 bits per heavy atom. The first-order chi connectivity index (χ1) is 13.2. The fourth-order valence-corrected chi connectivity index (χ4v) is 3.99. The number of halogens is 1. The SMILES string of the molecule is COc1nc2ncsc2c(OC)c1-c1cn(SF)c2nc(NC=O)ccc12. The van der Waals surface area contributed by atoms with Crippen molar-refractivity contribution in [2.75, 3.05) is 19.5 Å². The molecule has 138 valence electrons. The van der Waals surface area contributed by atoms with Crippen LogP contribution in [0.25, 0.3) is 32.5 Å². The van der Waals surface area contributed by atoms with Crippen LogP contribution in [0, 0.1) is 0 Å². The molecule has 0 radical (unpaired) electrons. The van der Waals surface area contributed by atoms with Gasteiger partial charge in [-0.2, -0.15) is 4.98 Å². The summed E-state index contributed by atoms with van der Waals surface area (Å²) in [6.07, 6.45) is 2.10. The van der Waals surface area contributed by atoms with Crippen molar-refractivity contribution in [2.24, 2.45) is 0 Å². The lowest BCUT2D eigenvalue weighted by Gasteiger charge is -2.12. The molecule has 0 saturated carbocycles. The summed E-state index contributed by atoms with van der Waals surface area (Å²) in [4.78, 5) is 23.6. The maximum Gasteiger partial charge on any atom is 0.227 e. The van der Waals surface area contributed by atoms with Crippen molar-refractivity contribution in [1.82, 2.24) is 18.9 Å². The number of nitrogens with one attached hydrogen (secondary N) is 1. The van der Waals surface area contributed by atoms with E-state index in [1.165, 1.54) is 22.4 Å². The molecule has 1 amide bonds. The van der Waals surface area contributed by atoms with Crippen molar-refractivity contribution < 1.29 is 18.2 Å². The third-order valence-corrected chi connectivity index (χ3v) is 5.21. The average molecular weight is 405 g/mol. The Hall–Kier alpha value is -2.92. The fraction of sp³-hybridized carbons (Fsp3) is 0.125. The van der Waals surface area contributed by atoms with Gasteiger partial charge in [-0.25, -0.2) is 13.9 Å². The molecule has 0 fully saturated rings. The fourth-order valence-electron chi connectivity index (χ4n) is 2.88. The lowest BCUT2D eigenvalue weighted by molar-refractivity contribution is -0.105. The molecule has 0 aliphatic heterocycles. The number of carbonyl (C=O) groups is 1. The minimum Gasteiger partial charge on any atom is -0.494 e. The van der Waals surface area contributed by atoms with E-state index in [-0.39, 0.29) is 12.3 Å². The largest absolute Gasteiger partial charge is 0.494 e. The first kappa shape index (κ1) is 17.5. The highest BCUT2D eigenvalue weighted by Gasteiger charge is 2.24. The summed E-state index contributed by atoms with van der Waals surface area (Å²) < 4.78 is 26.6. The molecular weight excluding hydrogens is 393 g/mol. The number of ether oxygens (including phenoxy) is 2. The number of thiazole rings is 1. The van der Waals surface area contributed by atoms with Crippen LogP contribution in [-0.4, -0.2) is 39.6 Å². The van der Waals surface area contributed by atoms with Gasteiger partial charge in [0.15, 0.2) is 29.4 Å². The molecule has 0 atom stereocenters. The van der Waals surface area contributed by atoms with Crippen LogP contribution >= 0.6 is 23.7 Å². The van der Waals surface area contributed by atoms with Gasteiger partial charge in [0, 0.05) is 17.1 Å². The van der Waals surface area contributed by atoms with Gasteiger partial charge in [-0.15, -0.1) is 15.2 Å². The predicted molar refractivity (Wildman–Crippen MR) is 103 cm³/mol. The summed E-state index contributed by atoms with van der Waals surface area (Å²) >= 11 is 1.39. The summed E-state index contributed by atoms with van der Waals surface area (Å²) in [6, 6.07) is 3.37. The van der Waals surface area contributed by atoms with Gasteiger partial charge in [-0.3, -0.25) is 4.79 Å². The van der Waals surface area contributed by atoms with Gasteiger partial charge in [0.1, 0.15) is 10.5 Å². The molecule has 4 aromatic heterocycles. The molecule has 0 aromatic carbocycles. The number of anilines is 1. The maximum absolute atomic E-state index is 13.5. The Bertz CT molecular complexity index is 1160. The van der Waals surface area contributed by atoms with Crippen LogP contribution in [0.15, 0.2) is 23.8 Å². The van der Waals surface area contributed by atoms with Gasteiger partial charge in [-0.05, 0) is 12.1 Å². The molecule has 4 rings (SSSR count). The molecule has 11 heteroatoms. The van der Waals surface area contributed by atoms with Crippen molar-refractivity contribution in [1.29, 1.82) is 0 Å². The van der Waals surface area contributed by atoms with Crippen LogP contribution in [-0.2, 0) is 4.79 Å². The first-order valence-electron chi connectivity index (χ1n) is 7.58. The van der Waals surface area contributed by atoms with E-state index in [9.17, 15) is 8.68 Å². The van der Waals surface area contributed by atoms with Crippen molar-refractivity contribution in [3.05, 3.63) is 23.8 Å². The van der Waals surface area contributed by atoms with E-state index in [0.717, 1.165) is 4.70 Å². The minimum absolute atomic E-state index is 0.000937. The average Bonchev–Trinajstić information content (AvgIpc) is 3.30. The van der Waals surface area contributed by atoms with E-state index >= 15 is 0 Å². The predicted octanol–water partition coefficient (Wildman–Crippen LogP) is 3.67. The highest BCUT2D eigenvalue weighted by molar-refractivity contribution is 7.92. The van der Waals surface area contributed by atoms with E-state index in [1.807, 2.05) is 0 Å². The third kappa shape index (κ3) is 2.75. The molecule has 0 aliphatic rings. The molecule has 0 aliphatic carbocycles. The third-order valence-electron chi connectivity index (χ3n) is 3.97. The summed E-state index contributed by atoms with van der Waals surface area (Å²) in [7, 11) is 3.04. The van der Waals surface area contributed by atoms with Crippen LogP contribution in [0.3, 0.4) is 0 Å². The highest BCUT2D eigenvalue weighted by atomic mass is 32.2. The maximum atomic E-state index is 13.5. The van der Waals surface area contributed by atoms with Crippen LogP contribution in [0.5, 0.6) is 11.6 Å². The van der Waals surface area contributed by atoms with Gasteiger partial charge in [0.25, 0.3) is 0 Å². The van der Waals surface area contributed by atoms with Gasteiger partial charge in [0.2, 0.25) is 12.3 Å². The second kappa shape index (κ2) is 7.00. The summed E-state index contributed by atoms with van der Waals surface area (Å²) in [5, 5.41) is 3.11. The number of rotatable bonds is 6. The summed E-state index contributed by atoms with van der Waals surface area (Å²) in [5.74, 6) is 1.16. The van der Waals surface area contributed by atoms with E-state index < -0.39 is 0 Å². The zero-order chi connectivity index (χ0) is 19.0. The second-order valence-electron chi connectivity index (χ2n) is 5.30. The molecule has 4 aromatic rings. The Labute approximate surface area is 160 Å². The summed E-state index contributed by atoms with van der Waals surface area (Å²) in [5.41, 5.74) is 3.74. The quantitative estimate of drug-likeness (QED) is 0.489. The van der Waals surface area contributed by atoms with E-state index in [1.54, 1.807) is 30.9 Å². The number of carbonyl (C=O) groups excluding carboxylic acids is 1. The molecular formula is C16H12FN5O3S2. The monoisotopic (exact) mass is 405 g/mol. The number of fused-ring (bicyclic) bond motifs is 2. The molecule has 4 heterocycles. The van der Waals surface area contributed by atoms with Crippen molar-refractivity contribution >= 4 is 57.3 Å². The van der Waals surface area contributed by atoms with Crippen LogP contribution in [0.2, 0.25) is 0 Å². The topological polar surface area (TPSA) is 91.2 Å². The van der Waals surface area contributed by atoms with Crippen molar-refractivity contribution in [3.63, 3.8) is 0 Å². The van der Waals surface area contributed by atoms with E-state index in [2.05, 4.69) is 20.3 Å². The van der Waals surface area contributed by atoms with Crippen molar-refractivity contribution in [3.8, 4) is 22.8 Å². The Morgan fingerprint density at radius 2 is 2.15 bits per heavy atom. The lowest BCUT2D eigenvalue weighted by atomic mass is 10.1. The number of pyridine rings is 2. The van der Waals surface area contributed by atoms with Crippen LogP contribution < -0.4 is 14.8 Å². The Kier molecular flexibility index (Phi) is 4.54. The number of aromatic nitrogens is 4. The zero-order valence-electron chi connectivity index (χ0n) is 14.1. The molecule has 0 spiro atoms. The van der Waals surface area contributed by atoms with E-state index in [4.69, 9.17) is 9.47 Å². The zero-order valence-corrected chi connectivity index (χ0v) is 15.7. The van der Waals surface area contributed by atoms with Crippen molar-refractivity contribution in [2.45, 2.75) is 0 Å². The number of amides is 1. The molecule has 27 heavy (non-hydrogen) atoms. The molecule has 8 nitrogen and oxygen atoms in total. The minimum atomic E-state index is -0.000937. The van der Waals surface area contributed by atoms with Crippen LogP contribution in [0.1, 0.15) is 0 Å². The Balaban J connectivity index is 2.06. The van der Waals surface area contributed by atoms with Gasteiger partial charge >= 0.3 is 0 Å². The number of nitrogens with zero attached hydrogens (tertiary/aromatic N) is 4. The first-order valence-corrected chi connectivity index (χ1v) is 9.14. The number of hydrogen-bond donors (Lipinski definition) is 1. The van der Waals surface area contributed by atoms with Crippen LogP contribution in [0.4, 0.5) is 9.70 Å². The standard InChI is InChI=1S/C16H12FN5O3S2/c1-24-12-11(16(25-2)21-14-13(12)26-7-19-14)9-5-22(27-17)15-8(9)3-4-10(20-15)18-6-23/h3-7H,1-2H3,(H,18,20,23). The summed E-state index contributed by atoms with van der Waals surface area (Å²) in [6.45, 7) is 0. The van der Waals surface area contributed by atoms with Gasteiger partial charge in [0.05, 0.1) is 25.3 Å². The van der Waals surface area contributed by atoms with E-state index in [0.29, 0.717) is 51.7 Å². The Morgan fingerprint density at radius 1 is 1.30 bits per heavy atom. The molecule has 0 saturated heterocycles. The highest BCUT2D eigenvalue weighted by Crippen LogP contribution is 2.46. The smallest absolute Gasteiger partial charge is 0.227 e. The second-order valence-corrected chi connectivity index (χ2v) is 6.69. The van der Waals surface area contributed by atoms with Gasteiger partial charge < -0.3 is 14.8 Å². The number of hydrogen-bond acceptors (Lipinski definition) is 8.